The molecule has 2 aromatic carbocycles. The summed E-state index contributed by atoms with van der Waals surface area (Å²) in [6, 6.07) is 20.8. The monoisotopic (exact) mass is 481 g/mol. The third-order valence-corrected chi connectivity index (χ3v) is 6.62. The van der Waals surface area contributed by atoms with Gasteiger partial charge in [0.05, 0.1) is 11.2 Å². The normalized spacial score (nSPS) is 13.9. The number of aromatic nitrogens is 4. The van der Waals surface area contributed by atoms with Gasteiger partial charge in [-0.3, -0.25) is 4.40 Å². The lowest BCUT2D eigenvalue weighted by Gasteiger charge is -2.20. The van der Waals surface area contributed by atoms with Gasteiger partial charge in [-0.15, -0.1) is 0 Å². The van der Waals surface area contributed by atoms with Crippen LogP contribution < -0.4 is 5.73 Å². The number of hydrogen-bond donors (Lipinski definition) is 3. The average Bonchev–Trinajstić information content (AvgIpc) is 3.30. The summed E-state index contributed by atoms with van der Waals surface area (Å²) in [5, 5.41) is 15.1. The minimum Gasteiger partial charge on any atom is -0.450 e. The summed E-state index contributed by atoms with van der Waals surface area (Å²) in [6.07, 6.45) is 8.14. The van der Waals surface area contributed by atoms with Crippen molar-refractivity contribution in [2.24, 2.45) is 0 Å². The summed E-state index contributed by atoms with van der Waals surface area (Å²) >= 11 is 0. The highest BCUT2D eigenvalue weighted by atomic mass is 16.6. The molecule has 0 saturated heterocycles. The summed E-state index contributed by atoms with van der Waals surface area (Å²) in [5.41, 5.74) is 12.2. The van der Waals surface area contributed by atoms with E-state index in [1.165, 1.54) is 32.1 Å². The number of fused-ring (bicyclic) bond motifs is 2. The number of hydrogen-bond acceptors (Lipinski definition) is 5. The fourth-order valence-electron chi connectivity index (χ4n) is 4.97. The molecule has 6 rings (SSSR count). The Morgan fingerprint density at radius 3 is 2.39 bits per heavy atom. The minimum atomic E-state index is -1.83. The number of imidazole rings is 1. The first-order valence-electron chi connectivity index (χ1n) is 12.0. The molecule has 0 amide bonds. The maximum absolute atomic E-state index is 8.56. The lowest BCUT2D eigenvalue weighted by molar-refractivity contribution is 0.137. The highest BCUT2D eigenvalue weighted by molar-refractivity contribution is 5.91. The zero-order valence-corrected chi connectivity index (χ0v) is 19.7. The van der Waals surface area contributed by atoms with Crippen molar-refractivity contribution < 1.29 is 15.0 Å². The molecule has 0 aliphatic heterocycles. The van der Waals surface area contributed by atoms with Crippen molar-refractivity contribution in [3.8, 4) is 22.5 Å². The Kier molecular flexibility index (Phi) is 6.49. The second-order valence-corrected chi connectivity index (χ2v) is 8.94. The van der Waals surface area contributed by atoms with E-state index in [-0.39, 0.29) is 0 Å². The van der Waals surface area contributed by atoms with E-state index in [2.05, 4.69) is 51.8 Å². The molecule has 182 valence electrons. The summed E-state index contributed by atoms with van der Waals surface area (Å²) in [7, 11) is 0. The van der Waals surface area contributed by atoms with Crippen molar-refractivity contribution in [2.45, 2.75) is 38.0 Å². The summed E-state index contributed by atoms with van der Waals surface area (Å²) < 4.78 is 2.16. The third-order valence-electron chi connectivity index (χ3n) is 6.62. The van der Waals surface area contributed by atoms with Gasteiger partial charge in [-0.1, -0.05) is 67.8 Å². The van der Waals surface area contributed by atoms with Crippen LogP contribution in [0.3, 0.4) is 0 Å². The Morgan fingerprint density at radius 1 is 0.917 bits per heavy atom. The van der Waals surface area contributed by atoms with Gasteiger partial charge in [-0.05, 0) is 25.0 Å². The molecule has 3 heterocycles. The van der Waals surface area contributed by atoms with E-state index in [1.54, 1.807) is 6.20 Å². The van der Waals surface area contributed by atoms with E-state index >= 15 is 0 Å². The maximum Gasteiger partial charge on any atom is 0.503 e. The van der Waals surface area contributed by atoms with Crippen LogP contribution in [0, 0.1) is 0 Å². The molecule has 5 aromatic rings. The molecule has 0 unspecified atom stereocenters. The molecule has 0 spiro atoms. The van der Waals surface area contributed by atoms with Gasteiger partial charge in [0.25, 0.3) is 0 Å². The van der Waals surface area contributed by atoms with Gasteiger partial charge in [0.15, 0.2) is 0 Å². The molecule has 1 aliphatic rings. The van der Waals surface area contributed by atoms with E-state index in [1.807, 2.05) is 24.4 Å². The largest absolute Gasteiger partial charge is 0.503 e. The minimum absolute atomic E-state index is 0.468. The van der Waals surface area contributed by atoms with Crippen molar-refractivity contribution in [3.63, 3.8) is 0 Å². The first-order valence-corrected chi connectivity index (χ1v) is 12.0. The van der Waals surface area contributed by atoms with E-state index < -0.39 is 6.16 Å². The molecule has 0 radical (unpaired) electrons. The van der Waals surface area contributed by atoms with E-state index in [0.29, 0.717) is 11.7 Å². The van der Waals surface area contributed by atoms with Crippen molar-refractivity contribution in [3.05, 3.63) is 78.9 Å². The average molecular weight is 482 g/mol. The molecule has 1 fully saturated rings. The van der Waals surface area contributed by atoms with Gasteiger partial charge in [-0.25, -0.2) is 19.7 Å². The number of nitrogens with two attached hydrogens (primary N) is 1. The lowest BCUT2D eigenvalue weighted by atomic mass is 9.89. The van der Waals surface area contributed by atoms with E-state index in [9.17, 15) is 0 Å². The van der Waals surface area contributed by atoms with Crippen molar-refractivity contribution in [2.75, 3.05) is 5.73 Å². The van der Waals surface area contributed by atoms with Crippen LogP contribution in [0.4, 0.5) is 10.6 Å². The van der Waals surface area contributed by atoms with Crippen molar-refractivity contribution in [1.82, 2.24) is 19.4 Å². The van der Waals surface area contributed by atoms with Crippen LogP contribution in [0.5, 0.6) is 0 Å². The Bertz CT molecular complexity index is 1520. The van der Waals surface area contributed by atoms with Crippen molar-refractivity contribution in [1.29, 1.82) is 0 Å². The van der Waals surface area contributed by atoms with Crippen LogP contribution in [0.25, 0.3) is 38.9 Å². The summed E-state index contributed by atoms with van der Waals surface area (Å²) in [6.45, 7) is 0. The predicted octanol–water partition coefficient (Wildman–Crippen LogP) is 6.46. The van der Waals surface area contributed by atoms with Crippen LogP contribution in [-0.4, -0.2) is 35.7 Å². The number of nitrogens with zero attached hydrogens (tertiary/aromatic N) is 4. The summed E-state index contributed by atoms with van der Waals surface area (Å²) in [4.78, 5) is 23.0. The quantitative estimate of drug-likeness (QED) is 0.270. The Hall–Kier alpha value is -4.46. The Morgan fingerprint density at radius 2 is 1.64 bits per heavy atom. The molecule has 36 heavy (non-hydrogen) atoms. The second kappa shape index (κ2) is 10.0. The van der Waals surface area contributed by atoms with Crippen LogP contribution in [0.15, 0.2) is 73.1 Å². The number of nitrogen functional groups attached to an aromatic ring is 1. The van der Waals surface area contributed by atoms with Gasteiger partial charge in [-0.2, -0.15) is 0 Å². The van der Waals surface area contributed by atoms with Crippen LogP contribution in [0.2, 0.25) is 0 Å². The zero-order valence-electron chi connectivity index (χ0n) is 19.7. The van der Waals surface area contributed by atoms with Gasteiger partial charge in [0.1, 0.15) is 22.9 Å². The van der Waals surface area contributed by atoms with Gasteiger partial charge in [0, 0.05) is 34.8 Å². The van der Waals surface area contributed by atoms with Crippen LogP contribution in [-0.2, 0) is 0 Å². The molecule has 8 nitrogen and oxygen atoms in total. The molecule has 8 heteroatoms. The highest BCUT2D eigenvalue weighted by Crippen LogP contribution is 2.37. The number of carboxylic acid groups (broad SMARTS) is 2. The molecule has 0 atom stereocenters. The summed E-state index contributed by atoms with van der Waals surface area (Å²) in [5.74, 6) is 2.09. The number of rotatable bonds is 3. The van der Waals surface area contributed by atoms with E-state index in [0.717, 1.165) is 44.8 Å². The van der Waals surface area contributed by atoms with Gasteiger partial charge >= 0.3 is 6.16 Å². The Balaban J connectivity index is 0.000000623. The first kappa shape index (κ1) is 23.3. The number of pyridine rings is 1. The predicted molar refractivity (Wildman–Crippen MR) is 140 cm³/mol. The van der Waals surface area contributed by atoms with Crippen LogP contribution in [0.1, 0.15) is 43.8 Å². The number of carbonyl (C=O) groups is 1. The number of benzene rings is 2. The molecule has 0 bridgehead atoms. The maximum atomic E-state index is 8.56. The topological polar surface area (TPSA) is 127 Å². The molecule has 1 saturated carbocycles. The molecule has 1 aliphatic carbocycles. The first-order chi connectivity index (χ1) is 17.5. The second-order valence-electron chi connectivity index (χ2n) is 8.94. The van der Waals surface area contributed by atoms with Crippen molar-refractivity contribution >= 4 is 28.4 Å². The fraction of sp³-hybridized carbons (Fsp3) is 0.214. The van der Waals surface area contributed by atoms with E-state index in [4.69, 9.17) is 30.7 Å². The third kappa shape index (κ3) is 4.70. The fourth-order valence-corrected chi connectivity index (χ4v) is 4.97. The van der Waals surface area contributed by atoms with Gasteiger partial charge in [0.2, 0.25) is 0 Å². The van der Waals surface area contributed by atoms with Crippen LogP contribution >= 0.6 is 0 Å². The zero-order chi connectivity index (χ0) is 25.1. The molecule has 4 N–H and O–H groups in total. The molecule has 3 aromatic heterocycles. The standard InChI is InChI=1S/C27H25N5.CH2O3/c28-26-25-24(31-27(32(25)16-15-29-26)20-9-5-2-6-10-20)21-12-11-19-13-14-22(30-23(19)17-21)18-7-3-1-4-8-18;2-1(3)4/h1,3-4,7-8,11-17,20H,2,5-6,9-10H2,(H2,28,29);(H2,2,3,4). The SMILES string of the molecule is Nc1nccn2c(C3CCCCC3)nc(-c3ccc4ccc(-c5ccccc5)nc4c3)c12.O=C(O)O. The smallest absolute Gasteiger partial charge is 0.450 e. The highest BCUT2D eigenvalue weighted by Gasteiger charge is 2.24. The molecular formula is C28H27N5O3. The van der Waals surface area contributed by atoms with Gasteiger partial charge < -0.3 is 15.9 Å². The lowest BCUT2D eigenvalue weighted by Crippen LogP contribution is -2.09. The molecular weight excluding hydrogens is 454 g/mol. The number of anilines is 1. The Labute approximate surface area is 208 Å².